The van der Waals surface area contributed by atoms with Crippen LogP contribution in [0.1, 0.15) is 64.3 Å². The fourth-order valence-electron chi connectivity index (χ4n) is 8.59. The maximum absolute atomic E-state index is 13.9. The van der Waals surface area contributed by atoms with E-state index in [-0.39, 0.29) is 5.43 Å². The van der Waals surface area contributed by atoms with Gasteiger partial charge in [-0.15, -0.1) is 0 Å². The highest BCUT2D eigenvalue weighted by Crippen LogP contribution is 2.43. The molecule has 4 heteroatoms. The minimum Gasteiger partial charge on any atom is -0.456 e. The van der Waals surface area contributed by atoms with Gasteiger partial charge in [0.15, 0.2) is 0 Å². The molecule has 0 radical (unpaired) electrons. The number of para-hydroxylation sites is 1. The molecule has 0 saturated carbocycles. The Bertz CT molecular complexity index is 3080. The van der Waals surface area contributed by atoms with Crippen LogP contribution in [0.15, 0.2) is 185 Å². The van der Waals surface area contributed by atoms with Crippen molar-refractivity contribution >= 4 is 67.6 Å². The first-order valence-electron chi connectivity index (χ1n) is 21.6. The zero-order valence-electron chi connectivity index (χ0n) is 35.8. The summed E-state index contributed by atoms with van der Waals surface area (Å²) in [5, 5.41) is 2.25. The first kappa shape index (κ1) is 40.6. The van der Waals surface area contributed by atoms with Crippen molar-refractivity contribution in [3.8, 4) is 22.3 Å². The Morgan fingerprint density at radius 1 is 0.672 bits per heavy atom. The highest BCUT2D eigenvalue weighted by atomic mass is 16.3. The van der Waals surface area contributed by atoms with Crippen molar-refractivity contribution in [3.63, 3.8) is 0 Å². The maximum atomic E-state index is 13.9. The molecule has 5 aromatic carbocycles. The zero-order valence-corrected chi connectivity index (χ0v) is 35.8. The van der Waals surface area contributed by atoms with E-state index >= 15 is 0 Å². The van der Waals surface area contributed by atoms with Crippen LogP contribution in [0.25, 0.3) is 78.5 Å². The van der Waals surface area contributed by atoms with Gasteiger partial charge in [0, 0.05) is 40.1 Å². The number of benzene rings is 5. The number of fused-ring (bicyclic) bond motifs is 5. The molecule has 0 saturated heterocycles. The molecule has 302 valence electrons. The smallest absolute Gasteiger partial charge is 0.200 e. The molecule has 0 spiro atoms. The van der Waals surface area contributed by atoms with E-state index in [1.165, 1.54) is 28.1 Å². The Labute approximate surface area is 359 Å². The summed E-state index contributed by atoms with van der Waals surface area (Å²) in [5.74, 6) is 0. The van der Waals surface area contributed by atoms with E-state index in [0.717, 1.165) is 69.5 Å². The predicted molar refractivity (Wildman–Crippen MR) is 264 cm³/mol. The fraction of sp³-hybridized carbons (Fsp3) is 0.140. The van der Waals surface area contributed by atoms with Gasteiger partial charge in [-0.3, -0.25) is 4.79 Å². The van der Waals surface area contributed by atoms with E-state index in [2.05, 4.69) is 150 Å². The van der Waals surface area contributed by atoms with Gasteiger partial charge in [0.25, 0.3) is 0 Å². The minimum atomic E-state index is -0.0327. The molecule has 0 atom stereocenters. The summed E-state index contributed by atoms with van der Waals surface area (Å²) >= 11 is 0. The molecule has 0 N–H and O–H groups in total. The summed E-state index contributed by atoms with van der Waals surface area (Å²) in [6.45, 7) is 15.1. The summed E-state index contributed by atoms with van der Waals surface area (Å²) < 4.78 is 8.93. The van der Waals surface area contributed by atoms with Crippen LogP contribution in [0.4, 0.5) is 11.4 Å². The zero-order chi connectivity index (χ0) is 42.5. The summed E-state index contributed by atoms with van der Waals surface area (Å²) in [7, 11) is 0. The Hall–Kier alpha value is -7.17. The molecule has 3 aliphatic rings. The van der Waals surface area contributed by atoms with Gasteiger partial charge in [0.2, 0.25) is 5.43 Å². The lowest BCUT2D eigenvalue weighted by Gasteiger charge is -2.33. The van der Waals surface area contributed by atoms with Gasteiger partial charge >= 0.3 is 0 Å². The van der Waals surface area contributed by atoms with Gasteiger partial charge in [-0.25, -0.2) is 0 Å². The minimum absolute atomic E-state index is 0.0327. The molecule has 1 aliphatic heterocycles. The Kier molecular flexibility index (Phi) is 12.0. The fourth-order valence-corrected chi connectivity index (χ4v) is 8.59. The van der Waals surface area contributed by atoms with Gasteiger partial charge in [-0.05, 0) is 132 Å². The van der Waals surface area contributed by atoms with Crippen molar-refractivity contribution in [2.24, 2.45) is 0 Å². The maximum Gasteiger partial charge on any atom is 0.200 e. The summed E-state index contributed by atoms with van der Waals surface area (Å²) in [4.78, 5) is 16.3. The van der Waals surface area contributed by atoms with Crippen LogP contribution in [0.2, 0.25) is 0 Å². The normalized spacial score (nSPS) is 14.2. The number of hydrogen-bond donors (Lipinski definition) is 0. The van der Waals surface area contributed by atoms with Gasteiger partial charge in [-0.2, -0.15) is 0 Å². The van der Waals surface area contributed by atoms with Crippen LogP contribution in [0, 0.1) is 0 Å². The second-order valence-corrected chi connectivity index (χ2v) is 14.7. The van der Waals surface area contributed by atoms with Crippen molar-refractivity contribution in [2.45, 2.75) is 47.5 Å². The third-order valence-electron chi connectivity index (χ3n) is 11.3. The molecule has 4 nitrogen and oxygen atoms in total. The van der Waals surface area contributed by atoms with E-state index in [9.17, 15) is 4.79 Å². The first-order valence-corrected chi connectivity index (χ1v) is 21.6. The van der Waals surface area contributed by atoms with Gasteiger partial charge in [0.1, 0.15) is 11.2 Å². The largest absolute Gasteiger partial charge is 0.456 e. The van der Waals surface area contributed by atoms with Crippen LogP contribution in [0.3, 0.4) is 0 Å². The predicted octanol–water partition coefficient (Wildman–Crippen LogP) is 15.7. The van der Waals surface area contributed by atoms with Crippen molar-refractivity contribution < 1.29 is 4.42 Å². The van der Waals surface area contributed by atoms with Crippen molar-refractivity contribution in [1.29, 1.82) is 0 Å². The summed E-state index contributed by atoms with van der Waals surface area (Å²) in [6, 6.07) is 35.7. The lowest BCUT2D eigenvalue weighted by atomic mass is 9.90. The Morgan fingerprint density at radius 3 is 2.03 bits per heavy atom. The topological polar surface area (TPSA) is 38.4 Å². The molecule has 0 bridgehead atoms. The second kappa shape index (κ2) is 18.0. The molecule has 7 aromatic rings. The summed E-state index contributed by atoms with van der Waals surface area (Å²) in [5.41, 5.74) is 15.6. The third-order valence-corrected chi connectivity index (χ3v) is 11.3. The van der Waals surface area contributed by atoms with Crippen LogP contribution >= 0.6 is 0 Å². The van der Waals surface area contributed by atoms with Crippen molar-refractivity contribution in [3.05, 3.63) is 203 Å². The monoisotopic (exact) mass is 796 g/mol. The lowest BCUT2D eigenvalue weighted by Crippen LogP contribution is -2.24. The van der Waals surface area contributed by atoms with Crippen LogP contribution in [-0.4, -0.2) is 11.1 Å². The molecule has 61 heavy (non-hydrogen) atoms. The lowest BCUT2D eigenvalue weighted by molar-refractivity contribution is 0.660. The number of nitrogens with zero attached hydrogens (tertiary/aromatic N) is 2. The van der Waals surface area contributed by atoms with Gasteiger partial charge in [-0.1, -0.05) is 131 Å². The number of allylic oxidation sites excluding steroid dienone is 11. The molecule has 0 unspecified atom stereocenters. The molecule has 0 fully saturated rings. The first-order chi connectivity index (χ1) is 30.1. The van der Waals surface area contributed by atoms with Gasteiger partial charge < -0.3 is 13.9 Å². The number of rotatable bonds is 6. The highest BCUT2D eigenvalue weighted by Gasteiger charge is 2.25. The SMILES string of the molecule is C=Cc1c(/C=C\C)n(C2=CC=CCC=C2)c2ccc(-c3ccc4c(=O)c5ccc(-c6ccc7c(c6)C6=C(C=CCC=C6)CN7c6ccccc6)cc5oc4c3)cc12.CC.CC. The van der Waals surface area contributed by atoms with Crippen LogP contribution in [0.5, 0.6) is 0 Å². The molecular weight excluding hydrogens is 745 g/mol. The van der Waals surface area contributed by atoms with Gasteiger partial charge in [0.05, 0.1) is 22.0 Å². The third kappa shape index (κ3) is 7.51. The van der Waals surface area contributed by atoms with E-state index in [0.29, 0.717) is 21.9 Å². The molecule has 3 heterocycles. The molecule has 0 amide bonds. The van der Waals surface area contributed by atoms with E-state index in [1.807, 2.05) is 77.1 Å². The van der Waals surface area contributed by atoms with Crippen LogP contribution < -0.4 is 10.3 Å². The number of aromatic nitrogens is 1. The van der Waals surface area contributed by atoms with E-state index in [1.54, 1.807) is 0 Å². The molecule has 2 aliphatic carbocycles. The molecule has 2 aromatic heterocycles. The van der Waals surface area contributed by atoms with Crippen molar-refractivity contribution in [1.82, 2.24) is 4.57 Å². The van der Waals surface area contributed by atoms with E-state index < -0.39 is 0 Å². The second-order valence-electron chi connectivity index (χ2n) is 14.7. The Balaban J connectivity index is 0.00000125. The van der Waals surface area contributed by atoms with Crippen molar-refractivity contribution in [2.75, 3.05) is 11.4 Å². The average molecular weight is 797 g/mol. The Morgan fingerprint density at radius 2 is 1.31 bits per heavy atom. The quantitative estimate of drug-likeness (QED) is 0.157. The number of hydrogen-bond acceptors (Lipinski definition) is 3. The number of anilines is 2. The standard InChI is InChI=1S/C53H40N2O2.2C2H6/c1-3-15-49-42(4-2)46-30-36(25-29-50(46)55(49)41-19-10-5-6-11-20-41)38-23-27-45-52(33-38)57-51-32-37(22-26-44(51)53(45)56)35-24-28-48-47(31-35)43-21-14-7-9-16-39(43)34-54(48)40-17-12-8-13-18-40;2*1-2/h3-5,8-33H,2,6-7,34H2,1H3;2*1-2H3/b15-3-;;. The highest BCUT2D eigenvalue weighted by molar-refractivity contribution is 6.01. The average Bonchev–Trinajstić information content (AvgIpc) is 3.55. The van der Waals surface area contributed by atoms with Crippen LogP contribution in [-0.2, 0) is 0 Å². The molecule has 10 rings (SSSR count). The van der Waals surface area contributed by atoms with E-state index in [4.69, 9.17) is 4.42 Å². The molecular formula is C57H52N2O2. The summed E-state index contributed by atoms with van der Waals surface area (Å²) in [6.07, 6.45) is 27.8.